The van der Waals surface area contributed by atoms with E-state index in [1.54, 1.807) is 42.5 Å². The predicted molar refractivity (Wildman–Crippen MR) is 71.2 cm³/mol. The highest BCUT2D eigenvalue weighted by Gasteiger charge is 2.08. The number of amides is 1. The van der Waals surface area contributed by atoms with Gasteiger partial charge in [-0.05, 0) is 29.7 Å². The SMILES string of the molecule is O=C([O-])/C(=C/c1cccs1)NC(=O)c1ccccc1. The van der Waals surface area contributed by atoms with E-state index in [9.17, 15) is 14.7 Å². The van der Waals surface area contributed by atoms with E-state index in [1.165, 1.54) is 17.4 Å². The average molecular weight is 272 g/mol. The summed E-state index contributed by atoms with van der Waals surface area (Å²) in [5.41, 5.74) is 0.136. The normalized spacial score (nSPS) is 11.1. The molecule has 4 nitrogen and oxygen atoms in total. The third kappa shape index (κ3) is 3.53. The van der Waals surface area contributed by atoms with Crippen LogP contribution in [0.3, 0.4) is 0 Å². The summed E-state index contributed by atoms with van der Waals surface area (Å²) in [6.07, 6.45) is 1.38. The number of thiophene rings is 1. The van der Waals surface area contributed by atoms with Gasteiger partial charge in [0.15, 0.2) is 0 Å². The van der Waals surface area contributed by atoms with Crippen LogP contribution in [-0.4, -0.2) is 11.9 Å². The first-order valence-corrected chi connectivity index (χ1v) is 6.38. The number of aliphatic carboxylic acids is 1. The van der Waals surface area contributed by atoms with Crippen LogP contribution >= 0.6 is 11.3 Å². The molecule has 0 saturated heterocycles. The molecule has 0 spiro atoms. The van der Waals surface area contributed by atoms with Crippen LogP contribution in [-0.2, 0) is 4.79 Å². The fraction of sp³-hybridized carbons (Fsp3) is 0. The lowest BCUT2D eigenvalue weighted by molar-refractivity contribution is -0.299. The molecule has 2 aromatic rings. The highest BCUT2D eigenvalue weighted by molar-refractivity contribution is 7.10. The van der Waals surface area contributed by atoms with Gasteiger partial charge in [0.25, 0.3) is 5.91 Å². The average Bonchev–Trinajstić information content (AvgIpc) is 2.91. The van der Waals surface area contributed by atoms with E-state index in [0.717, 1.165) is 4.88 Å². The van der Waals surface area contributed by atoms with Crippen molar-refractivity contribution in [2.24, 2.45) is 0 Å². The summed E-state index contributed by atoms with van der Waals surface area (Å²) in [4.78, 5) is 23.6. The van der Waals surface area contributed by atoms with Crippen LogP contribution in [0.25, 0.3) is 6.08 Å². The highest BCUT2D eigenvalue weighted by Crippen LogP contribution is 2.12. The molecule has 1 heterocycles. The fourth-order valence-electron chi connectivity index (χ4n) is 1.45. The number of carbonyl (C=O) groups is 2. The van der Waals surface area contributed by atoms with Gasteiger partial charge in [-0.3, -0.25) is 4.79 Å². The molecule has 0 saturated carbocycles. The molecule has 0 radical (unpaired) electrons. The zero-order valence-electron chi connectivity index (χ0n) is 9.83. The smallest absolute Gasteiger partial charge is 0.255 e. The number of hydrogen-bond acceptors (Lipinski definition) is 4. The third-order valence-electron chi connectivity index (χ3n) is 2.33. The Kier molecular flexibility index (Phi) is 4.10. The van der Waals surface area contributed by atoms with Crippen LogP contribution < -0.4 is 10.4 Å². The molecule has 19 heavy (non-hydrogen) atoms. The van der Waals surface area contributed by atoms with Crippen molar-refractivity contribution >= 4 is 29.3 Å². The first-order chi connectivity index (χ1) is 9.16. The van der Waals surface area contributed by atoms with E-state index < -0.39 is 11.9 Å². The molecule has 0 aliphatic carbocycles. The van der Waals surface area contributed by atoms with E-state index in [0.29, 0.717) is 5.56 Å². The Morgan fingerprint density at radius 1 is 1.11 bits per heavy atom. The predicted octanol–water partition coefficient (Wildman–Crippen LogP) is 1.27. The molecule has 0 bridgehead atoms. The quantitative estimate of drug-likeness (QED) is 0.852. The Morgan fingerprint density at radius 2 is 1.84 bits per heavy atom. The molecule has 0 unspecified atom stereocenters. The van der Waals surface area contributed by atoms with Gasteiger partial charge in [0.2, 0.25) is 0 Å². The Hall–Kier alpha value is -2.40. The Bertz CT molecular complexity index is 603. The molecule has 1 aromatic carbocycles. The fourth-order valence-corrected chi connectivity index (χ4v) is 2.10. The molecule has 0 aliphatic heterocycles. The second kappa shape index (κ2) is 5.97. The van der Waals surface area contributed by atoms with Gasteiger partial charge in [-0.2, -0.15) is 0 Å². The zero-order chi connectivity index (χ0) is 13.7. The van der Waals surface area contributed by atoms with Gasteiger partial charge in [0, 0.05) is 10.4 Å². The van der Waals surface area contributed by atoms with E-state index in [4.69, 9.17) is 0 Å². The molecular weight excluding hydrogens is 262 g/mol. The maximum atomic E-state index is 11.8. The first-order valence-electron chi connectivity index (χ1n) is 5.50. The van der Waals surface area contributed by atoms with Crippen LogP contribution in [0.5, 0.6) is 0 Å². The molecule has 0 atom stereocenters. The lowest BCUT2D eigenvalue weighted by Crippen LogP contribution is -2.35. The molecule has 5 heteroatoms. The summed E-state index contributed by atoms with van der Waals surface area (Å²) in [5.74, 6) is -1.90. The number of nitrogens with one attached hydrogen (secondary N) is 1. The number of carboxylic acid groups (broad SMARTS) is 1. The van der Waals surface area contributed by atoms with Gasteiger partial charge in [0.05, 0.1) is 11.7 Å². The maximum Gasteiger partial charge on any atom is 0.255 e. The van der Waals surface area contributed by atoms with Crippen molar-refractivity contribution in [3.05, 3.63) is 64.0 Å². The molecule has 2 rings (SSSR count). The molecule has 1 amide bonds. The molecule has 96 valence electrons. The second-order valence-corrected chi connectivity index (χ2v) is 4.66. The summed E-state index contributed by atoms with van der Waals surface area (Å²) in [5, 5.41) is 15.2. The lowest BCUT2D eigenvalue weighted by atomic mass is 10.2. The minimum atomic E-state index is -1.42. The van der Waals surface area contributed by atoms with Crippen LogP contribution in [0.1, 0.15) is 15.2 Å². The van der Waals surface area contributed by atoms with Crippen LogP contribution in [0.2, 0.25) is 0 Å². The van der Waals surface area contributed by atoms with Gasteiger partial charge in [-0.25, -0.2) is 0 Å². The second-order valence-electron chi connectivity index (χ2n) is 3.68. The van der Waals surface area contributed by atoms with Gasteiger partial charge in [-0.15, -0.1) is 11.3 Å². The van der Waals surface area contributed by atoms with Crippen molar-refractivity contribution < 1.29 is 14.7 Å². The van der Waals surface area contributed by atoms with Gasteiger partial charge in [0.1, 0.15) is 0 Å². The number of benzene rings is 1. The largest absolute Gasteiger partial charge is 0.543 e. The van der Waals surface area contributed by atoms with E-state index in [2.05, 4.69) is 5.32 Å². The molecule has 0 fully saturated rings. The van der Waals surface area contributed by atoms with Crippen molar-refractivity contribution in [2.75, 3.05) is 0 Å². The number of carbonyl (C=O) groups excluding carboxylic acids is 2. The molecular formula is C14H10NO3S-. The molecule has 1 aromatic heterocycles. The zero-order valence-corrected chi connectivity index (χ0v) is 10.6. The highest BCUT2D eigenvalue weighted by atomic mass is 32.1. The summed E-state index contributed by atoms with van der Waals surface area (Å²) in [6, 6.07) is 11.9. The molecule has 1 N–H and O–H groups in total. The van der Waals surface area contributed by atoms with Gasteiger partial charge >= 0.3 is 0 Å². The Labute approximate surface area is 114 Å². The monoisotopic (exact) mass is 272 g/mol. The van der Waals surface area contributed by atoms with Crippen molar-refractivity contribution in [2.45, 2.75) is 0 Å². The van der Waals surface area contributed by atoms with Crippen molar-refractivity contribution in [3.8, 4) is 0 Å². The van der Waals surface area contributed by atoms with Crippen LogP contribution in [0, 0.1) is 0 Å². The van der Waals surface area contributed by atoms with Crippen LogP contribution in [0.4, 0.5) is 0 Å². The summed E-state index contributed by atoms with van der Waals surface area (Å²) >= 11 is 1.37. The van der Waals surface area contributed by atoms with E-state index in [1.807, 2.05) is 5.38 Å². The Balaban J connectivity index is 2.19. The third-order valence-corrected chi connectivity index (χ3v) is 3.15. The number of rotatable bonds is 4. The van der Waals surface area contributed by atoms with E-state index in [-0.39, 0.29) is 5.70 Å². The van der Waals surface area contributed by atoms with Crippen LogP contribution in [0.15, 0.2) is 53.5 Å². The summed E-state index contributed by atoms with van der Waals surface area (Å²) in [6.45, 7) is 0. The van der Waals surface area contributed by atoms with E-state index >= 15 is 0 Å². The summed E-state index contributed by atoms with van der Waals surface area (Å²) in [7, 11) is 0. The Morgan fingerprint density at radius 3 is 2.42 bits per heavy atom. The van der Waals surface area contributed by atoms with Gasteiger partial charge in [-0.1, -0.05) is 24.3 Å². The standard InChI is InChI=1S/C14H11NO3S/c16-13(10-5-2-1-3-6-10)15-12(14(17)18)9-11-7-4-8-19-11/h1-9H,(H,15,16)(H,17,18)/p-1/b12-9-. The van der Waals surface area contributed by atoms with Crippen molar-refractivity contribution in [1.82, 2.24) is 5.32 Å². The van der Waals surface area contributed by atoms with Crippen molar-refractivity contribution in [1.29, 1.82) is 0 Å². The maximum absolute atomic E-state index is 11.8. The topological polar surface area (TPSA) is 69.2 Å². The lowest BCUT2D eigenvalue weighted by Gasteiger charge is -2.10. The number of carboxylic acids is 1. The number of hydrogen-bond donors (Lipinski definition) is 1. The minimum Gasteiger partial charge on any atom is -0.543 e. The molecule has 0 aliphatic rings. The minimum absolute atomic E-state index is 0.253. The summed E-state index contributed by atoms with van der Waals surface area (Å²) < 4.78 is 0. The van der Waals surface area contributed by atoms with Crippen molar-refractivity contribution in [3.63, 3.8) is 0 Å². The first kappa shape index (κ1) is 13.0. The van der Waals surface area contributed by atoms with Gasteiger partial charge < -0.3 is 15.2 Å².